The van der Waals surface area contributed by atoms with Crippen molar-refractivity contribution in [2.75, 3.05) is 0 Å². The third kappa shape index (κ3) is 24.8. The first kappa shape index (κ1) is 40.8. The van der Waals surface area contributed by atoms with Crippen LogP contribution >= 0.6 is 0 Å². The summed E-state index contributed by atoms with van der Waals surface area (Å²) in [7, 11) is 0. The van der Waals surface area contributed by atoms with E-state index >= 15 is 0 Å². The van der Waals surface area contributed by atoms with Crippen LogP contribution in [0, 0.1) is 84.0 Å². The van der Waals surface area contributed by atoms with Gasteiger partial charge in [0, 0.05) is 40.8 Å². The molecule has 0 atom stereocenters. The fourth-order valence-corrected chi connectivity index (χ4v) is 0.340. The van der Waals surface area contributed by atoms with E-state index in [4.69, 9.17) is 0 Å². The van der Waals surface area contributed by atoms with Crippen LogP contribution in [-0.2, 0) is 0 Å². The first-order valence-electron chi connectivity index (χ1n) is 1.72. The molecule has 1 rings (SSSR count). The molecule has 0 aromatic heterocycles. The molecule has 0 saturated carbocycles. The molecule has 1 heteroatoms. The largest absolute Gasteiger partial charge is 0.358 e. The van der Waals surface area contributed by atoms with Crippen molar-refractivity contribution in [3.63, 3.8) is 0 Å². The molecule has 0 unspecified atom stereocenters. The van der Waals surface area contributed by atoms with Gasteiger partial charge in [0.05, 0.1) is 0 Å². The Hall–Kier alpha value is 0.831. The van der Waals surface area contributed by atoms with Gasteiger partial charge in [-0.1, -0.05) is 0 Å². The monoisotopic (exact) mass is 282 g/mol. The van der Waals surface area contributed by atoms with E-state index in [2.05, 4.69) is 12.2 Å². The molecule has 0 aromatic rings. The minimum absolute atomic E-state index is 0. The second-order valence-electron chi connectivity index (χ2n) is 1.00. The first-order valence-corrected chi connectivity index (χ1v) is 1.72. The Bertz CT molecular complexity index is 62.9. The number of rotatable bonds is 0. The van der Waals surface area contributed by atoms with Crippen LogP contribution in [0.2, 0.25) is 0 Å². The molecule has 11 heavy (non-hydrogen) atoms. The SMILES string of the molecule is [C-]1=CC=CC1.[CH3-].[CH3-].[CH3-].[CH3-].[CH3-].[Nd]. The topological polar surface area (TPSA) is 0 Å². The molecule has 0 spiro atoms. The summed E-state index contributed by atoms with van der Waals surface area (Å²) < 4.78 is 0. The second-order valence-corrected chi connectivity index (χ2v) is 1.00. The van der Waals surface area contributed by atoms with Crippen LogP contribution in [0.1, 0.15) is 6.42 Å². The van der Waals surface area contributed by atoms with Crippen molar-refractivity contribution in [1.29, 1.82) is 0 Å². The minimum atomic E-state index is 0. The van der Waals surface area contributed by atoms with E-state index in [9.17, 15) is 0 Å². The van der Waals surface area contributed by atoms with Crippen molar-refractivity contribution in [2.24, 2.45) is 0 Å². The summed E-state index contributed by atoms with van der Waals surface area (Å²) >= 11 is 0. The average Bonchev–Trinajstić information content (AvgIpc) is 1.76. The Balaban J connectivity index is -0.0000000104. The minimum Gasteiger partial charge on any atom is -0.358 e. The quantitative estimate of drug-likeness (QED) is 0.597. The molecule has 0 saturated heterocycles. The molecule has 0 N–H and O–H groups in total. The van der Waals surface area contributed by atoms with Crippen molar-refractivity contribution < 1.29 is 40.8 Å². The van der Waals surface area contributed by atoms with Gasteiger partial charge >= 0.3 is 0 Å². The molecule has 0 aromatic carbocycles. The van der Waals surface area contributed by atoms with Gasteiger partial charge in [-0.2, -0.15) is 6.08 Å². The van der Waals surface area contributed by atoms with E-state index in [1.54, 1.807) is 0 Å². The molecule has 1 aliphatic rings. The number of hydrogen-bond acceptors (Lipinski definition) is 0. The zero-order valence-corrected chi connectivity index (χ0v) is 11.6. The molecule has 70 valence electrons. The van der Waals surface area contributed by atoms with Gasteiger partial charge in [0.15, 0.2) is 0 Å². The zero-order chi connectivity index (χ0) is 3.54. The molecule has 0 fully saturated rings. The normalized spacial score (nSPS) is 8.00. The van der Waals surface area contributed by atoms with Crippen molar-refractivity contribution in [3.8, 4) is 0 Å². The third-order valence-corrected chi connectivity index (χ3v) is 0.586. The van der Waals surface area contributed by atoms with Crippen molar-refractivity contribution in [2.45, 2.75) is 6.42 Å². The third-order valence-electron chi connectivity index (χ3n) is 0.586. The zero-order valence-electron chi connectivity index (χ0n) is 8.44. The smallest absolute Gasteiger partial charge is 0 e. The fraction of sp³-hybridized carbons (Fsp3) is 0.100. The van der Waals surface area contributed by atoms with Gasteiger partial charge in [-0.3, -0.25) is 6.08 Å². The van der Waals surface area contributed by atoms with Crippen LogP contribution in [0.25, 0.3) is 0 Å². The summed E-state index contributed by atoms with van der Waals surface area (Å²) in [5.41, 5.74) is 0. The second kappa shape index (κ2) is 30.8. The van der Waals surface area contributed by atoms with Gasteiger partial charge in [0.2, 0.25) is 0 Å². The van der Waals surface area contributed by atoms with Crippen molar-refractivity contribution in [3.05, 3.63) is 61.4 Å². The molecule has 0 amide bonds. The summed E-state index contributed by atoms with van der Waals surface area (Å²) in [6.07, 6.45) is 10.0. The Kier molecular flexibility index (Phi) is 114. The maximum absolute atomic E-state index is 2.99. The summed E-state index contributed by atoms with van der Waals surface area (Å²) in [6, 6.07) is 0. The Morgan fingerprint density at radius 3 is 1.45 bits per heavy atom. The molecular formula is C10H20Nd-6. The Morgan fingerprint density at radius 1 is 0.909 bits per heavy atom. The summed E-state index contributed by atoms with van der Waals surface area (Å²) in [5, 5.41) is 0. The maximum atomic E-state index is 2.99. The van der Waals surface area contributed by atoms with Crippen LogP contribution in [0.3, 0.4) is 0 Å². The first-order chi connectivity index (χ1) is 2.50. The van der Waals surface area contributed by atoms with Crippen LogP contribution < -0.4 is 0 Å². The standard InChI is InChI=1S/C5H5.5CH3.Nd/c1-2-4-5-3-1;;;;;;/h1-3H,4H2;5*1H3;/q6*-1;. The fourth-order valence-electron chi connectivity index (χ4n) is 0.340. The van der Waals surface area contributed by atoms with Crippen LogP contribution in [-0.4, -0.2) is 0 Å². The van der Waals surface area contributed by atoms with E-state index in [0.29, 0.717) is 0 Å². The van der Waals surface area contributed by atoms with Crippen LogP contribution in [0.15, 0.2) is 18.2 Å². The van der Waals surface area contributed by atoms with Crippen molar-refractivity contribution >= 4 is 0 Å². The molecule has 1 aliphatic carbocycles. The number of allylic oxidation sites excluding steroid dienone is 4. The molecule has 0 nitrogen and oxygen atoms in total. The van der Waals surface area contributed by atoms with E-state index in [1.165, 1.54) is 0 Å². The number of hydrogen-bond donors (Lipinski definition) is 0. The van der Waals surface area contributed by atoms with Gasteiger partial charge in [0.1, 0.15) is 0 Å². The summed E-state index contributed by atoms with van der Waals surface area (Å²) in [5.74, 6) is 0. The van der Waals surface area contributed by atoms with E-state index in [-0.39, 0.29) is 78.0 Å². The van der Waals surface area contributed by atoms with E-state index in [1.807, 2.05) is 12.2 Å². The average molecular weight is 285 g/mol. The Labute approximate surface area is 108 Å². The van der Waals surface area contributed by atoms with Crippen LogP contribution in [0.5, 0.6) is 0 Å². The molecule has 0 radical (unpaired) electrons. The maximum Gasteiger partial charge on any atom is 0 e. The van der Waals surface area contributed by atoms with Gasteiger partial charge in [-0.15, -0.1) is 6.42 Å². The predicted molar refractivity (Wildman–Crippen MR) is 53.6 cm³/mol. The molecule has 0 bridgehead atoms. The summed E-state index contributed by atoms with van der Waals surface area (Å²) in [6.45, 7) is 0. The van der Waals surface area contributed by atoms with Crippen molar-refractivity contribution in [1.82, 2.24) is 0 Å². The van der Waals surface area contributed by atoms with Gasteiger partial charge < -0.3 is 37.1 Å². The van der Waals surface area contributed by atoms with E-state index < -0.39 is 0 Å². The van der Waals surface area contributed by atoms with Gasteiger partial charge in [0.25, 0.3) is 0 Å². The Morgan fingerprint density at radius 2 is 1.36 bits per heavy atom. The van der Waals surface area contributed by atoms with Gasteiger partial charge in [-0.25, -0.2) is 12.2 Å². The molecular weight excluding hydrogens is 264 g/mol. The van der Waals surface area contributed by atoms with E-state index in [0.717, 1.165) is 6.42 Å². The summed E-state index contributed by atoms with van der Waals surface area (Å²) in [4.78, 5) is 0. The predicted octanol–water partition coefficient (Wildman–Crippen LogP) is 3.56. The molecule has 0 aliphatic heterocycles. The molecule has 0 heterocycles. The van der Waals surface area contributed by atoms with Crippen LogP contribution in [0.4, 0.5) is 0 Å². The van der Waals surface area contributed by atoms with Gasteiger partial charge in [-0.05, 0) is 0 Å².